The van der Waals surface area contributed by atoms with Crippen molar-refractivity contribution in [1.82, 2.24) is 4.90 Å². The van der Waals surface area contributed by atoms with Crippen molar-refractivity contribution >= 4 is 40.2 Å². The second kappa shape index (κ2) is 8.27. The molecule has 1 atom stereocenters. The predicted molar refractivity (Wildman–Crippen MR) is 118 cm³/mol. The SMILES string of the molecule is CCOC(=O)C1=C(c2ccccc2)N=C2SC(C#N)=C(N)N2[C@H]1c1ccc(Cl)cc1. The molecule has 0 unspecified atom stereocenters. The molecule has 150 valence electrons. The number of nitriles is 1. The lowest BCUT2D eigenvalue weighted by molar-refractivity contribution is -0.139. The van der Waals surface area contributed by atoms with Gasteiger partial charge in [0, 0.05) is 10.6 Å². The molecule has 0 aliphatic carbocycles. The minimum atomic E-state index is -0.609. The van der Waals surface area contributed by atoms with Crippen LogP contribution in [0.15, 0.2) is 75.9 Å². The molecule has 6 nitrogen and oxygen atoms in total. The number of nitrogens with zero attached hydrogens (tertiary/aromatic N) is 3. The second-order valence-electron chi connectivity index (χ2n) is 6.50. The first-order chi connectivity index (χ1) is 14.5. The Morgan fingerprint density at radius 1 is 1.27 bits per heavy atom. The summed E-state index contributed by atoms with van der Waals surface area (Å²) in [6.07, 6.45) is 0. The normalized spacial score (nSPS) is 18.1. The maximum Gasteiger partial charge on any atom is 0.338 e. The van der Waals surface area contributed by atoms with Gasteiger partial charge in [0.1, 0.15) is 16.8 Å². The van der Waals surface area contributed by atoms with Gasteiger partial charge >= 0.3 is 5.97 Å². The highest BCUT2D eigenvalue weighted by molar-refractivity contribution is 8.17. The van der Waals surface area contributed by atoms with Crippen LogP contribution in [0.2, 0.25) is 5.02 Å². The van der Waals surface area contributed by atoms with E-state index in [-0.39, 0.29) is 12.4 Å². The Bertz CT molecular complexity index is 1130. The van der Waals surface area contributed by atoms with Crippen LogP contribution in [0, 0.1) is 11.3 Å². The van der Waals surface area contributed by atoms with E-state index in [1.807, 2.05) is 42.5 Å². The Hall–Kier alpha value is -3.21. The Kier molecular flexibility index (Phi) is 5.53. The number of carbonyl (C=O) groups is 1. The number of fused-ring (bicyclic) bond motifs is 1. The molecule has 2 aromatic carbocycles. The number of benzene rings is 2. The van der Waals surface area contributed by atoms with Gasteiger partial charge in [-0.3, -0.25) is 4.90 Å². The molecule has 30 heavy (non-hydrogen) atoms. The molecule has 2 heterocycles. The third-order valence-corrected chi connectivity index (χ3v) is 5.94. The van der Waals surface area contributed by atoms with Crippen molar-refractivity contribution in [3.8, 4) is 6.07 Å². The number of allylic oxidation sites excluding steroid dienone is 1. The Labute approximate surface area is 183 Å². The largest absolute Gasteiger partial charge is 0.463 e. The third kappa shape index (κ3) is 3.45. The number of hydrogen-bond acceptors (Lipinski definition) is 7. The molecule has 8 heteroatoms. The van der Waals surface area contributed by atoms with Crippen molar-refractivity contribution in [2.45, 2.75) is 13.0 Å². The van der Waals surface area contributed by atoms with Crippen LogP contribution >= 0.6 is 23.4 Å². The zero-order valence-corrected chi connectivity index (χ0v) is 17.6. The fraction of sp³-hybridized carbons (Fsp3) is 0.136. The number of ether oxygens (including phenoxy) is 1. The van der Waals surface area contributed by atoms with Crippen LogP contribution in [0.3, 0.4) is 0 Å². The van der Waals surface area contributed by atoms with Gasteiger partial charge in [0.05, 0.1) is 23.9 Å². The first-order valence-electron chi connectivity index (χ1n) is 9.23. The van der Waals surface area contributed by atoms with E-state index in [1.165, 1.54) is 11.8 Å². The molecule has 2 aliphatic heterocycles. The van der Waals surface area contributed by atoms with Gasteiger partial charge in [-0.15, -0.1) is 0 Å². The van der Waals surface area contributed by atoms with Crippen LogP contribution in [0.4, 0.5) is 0 Å². The minimum absolute atomic E-state index is 0.220. The van der Waals surface area contributed by atoms with Crippen LogP contribution in [-0.4, -0.2) is 22.6 Å². The van der Waals surface area contributed by atoms with E-state index in [4.69, 9.17) is 27.1 Å². The number of halogens is 1. The topological polar surface area (TPSA) is 91.7 Å². The van der Waals surface area contributed by atoms with E-state index in [2.05, 4.69) is 6.07 Å². The van der Waals surface area contributed by atoms with Crippen LogP contribution in [0.25, 0.3) is 5.70 Å². The van der Waals surface area contributed by atoms with Crippen molar-refractivity contribution in [2.24, 2.45) is 10.7 Å². The highest BCUT2D eigenvalue weighted by atomic mass is 35.5. The third-order valence-electron chi connectivity index (χ3n) is 4.72. The lowest BCUT2D eigenvalue weighted by Gasteiger charge is -2.35. The van der Waals surface area contributed by atoms with E-state index in [0.29, 0.717) is 26.4 Å². The molecular formula is C22H17ClN4O2S. The van der Waals surface area contributed by atoms with E-state index in [1.54, 1.807) is 24.0 Å². The maximum absolute atomic E-state index is 13.1. The first kappa shape index (κ1) is 20.1. The quantitative estimate of drug-likeness (QED) is 0.713. The number of esters is 1. The highest BCUT2D eigenvalue weighted by Gasteiger charge is 2.43. The van der Waals surface area contributed by atoms with E-state index in [0.717, 1.165) is 11.1 Å². The number of thioether (sulfide) groups is 1. The summed E-state index contributed by atoms with van der Waals surface area (Å²) in [5.74, 6) is -0.225. The average molecular weight is 437 g/mol. The number of rotatable bonds is 4. The molecule has 0 spiro atoms. The molecule has 4 rings (SSSR count). The molecule has 0 aromatic heterocycles. The van der Waals surface area contributed by atoms with Crippen molar-refractivity contribution in [2.75, 3.05) is 6.61 Å². The molecule has 0 fully saturated rings. The van der Waals surface area contributed by atoms with Crippen molar-refractivity contribution < 1.29 is 9.53 Å². The average Bonchev–Trinajstić information content (AvgIpc) is 3.09. The monoisotopic (exact) mass is 436 g/mol. The number of aliphatic imine (C=N–C) groups is 1. The molecule has 0 bridgehead atoms. The summed E-state index contributed by atoms with van der Waals surface area (Å²) < 4.78 is 5.40. The van der Waals surface area contributed by atoms with Gasteiger partial charge in [-0.1, -0.05) is 54.1 Å². The van der Waals surface area contributed by atoms with Gasteiger partial charge < -0.3 is 10.5 Å². The minimum Gasteiger partial charge on any atom is -0.463 e. The van der Waals surface area contributed by atoms with Crippen molar-refractivity contribution in [3.63, 3.8) is 0 Å². The lowest BCUT2D eigenvalue weighted by atomic mass is 9.92. The molecule has 2 N–H and O–H groups in total. The Morgan fingerprint density at radius 2 is 1.97 bits per heavy atom. The van der Waals surface area contributed by atoms with Gasteiger partial charge in [0.2, 0.25) is 0 Å². The smallest absolute Gasteiger partial charge is 0.338 e. The molecule has 2 aromatic rings. The summed E-state index contributed by atoms with van der Waals surface area (Å²) in [7, 11) is 0. The summed E-state index contributed by atoms with van der Waals surface area (Å²) >= 11 is 7.27. The van der Waals surface area contributed by atoms with Gasteiger partial charge in [-0.05, 0) is 36.4 Å². The number of nitrogens with two attached hydrogens (primary N) is 1. The first-order valence-corrected chi connectivity index (χ1v) is 10.4. The zero-order chi connectivity index (χ0) is 21.3. The van der Waals surface area contributed by atoms with Gasteiger partial charge in [-0.25, -0.2) is 9.79 Å². The van der Waals surface area contributed by atoms with Gasteiger partial charge in [-0.2, -0.15) is 5.26 Å². The molecule has 0 saturated carbocycles. The standard InChI is InChI=1S/C22H17ClN4O2S/c1-2-29-21(28)17-18(13-6-4-3-5-7-13)26-22-27(20(25)16(12-24)30-22)19(17)14-8-10-15(23)11-9-14/h3-11,19H,2,25H2,1H3/t19-/m0/s1. The molecule has 0 saturated heterocycles. The summed E-state index contributed by atoms with van der Waals surface area (Å²) in [6, 6.07) is 18.1. The fourth-order valence-corrected chi connectivity index (χ4v) is 4.42. The zero-order valence-electron chi connectivity index (χ0n) is 16.0. The van der Waals surface area contributed by atoms with Crippen LogP contribution in [0.5, 0.6) is 0 Å². The molecule has 2 aliphatic rings. The van der Waals surface area contributed by atoms with Crippen molar-refractivity contribution in [1.29, 1.82) is 5.26 Å². The van der Waals surface area contributed by atoms with Crippen molar-refractivity contribution in [3.05, 3.63) is 87.0 Å². The summed E-state index contributed by atoms with van der Waals surface area (Å²) in [6.45, 7) is 1.97. The Morgan fingerprint density at radius 3 is 2.60 bits per heavy atom. The number of amidine groups is 1. The second-order valence-corrected chi connectivity index (χ2v) is 7.91. The van der Waals surface area contributed by atoms with Crippen LogP contribution in [0.1, 0.15) is 24.1 Å². The van der Waals surface area contributed by atoms with Gasteiger partial charge in [0.15, 0.2) is 5.17 Å². The number of hydrogen-bond donors (Lipinski definition) is 1. The van der Waals surface area contributed by atoms with E-state index >= 15 is 0 Å². The summed E-state index contributed by atoms with van der Waals surface area (Å²) in [4.78, 5) is 19.9. The molecular weight excluding hydrogens is 420 g/mol. The summed E-state index contributed by atoms with van der Waals surface area (Å²) in [5, 5.41) is 10.6. The Balaban J connectivity index is 1.99. The van der Waals surface area contributed by atoms with Crippen LogP contribution in [-0.2, 0) is 9.53 Å². The lowest BCUT2D eigenvalue weighted by Crippen LogP contribution is -2.38. The van der Waals surface area contributed by atoms with E-state index < -0.39 is 12.0 Å². The highest BCUT2D eigenvalue weighted by Crippen LogP contribution is 2.47. The summed E-state index contributed by atoms with van der Waals surface area (Å²) in [5.41, 5.74) is 8.72. The molecule has 0 radical (unpaired) electrons. The van der Waals surface area contributed by atoms with E-state index in [9.17, 15) is 10.1 Å². The van der Waals surface area contributed by atoms with Crippen LogP contribution < -0.4 is 5.73 Å². The molecule has 0 amide bonds. The van der Waals surface area contributed by atoms with Gasteiger partial charge in [0.25, 0.3) is 0 Å². The maximum atomic E-state index is 13.1. The fourth-order valence-electron chi connectivity index (χ4n) is 3.42. The predicted octanol–water partition coefficient (Wildman–Crippen LogP) is 4.43. The number of carbonyl (C=O) groups excluding carboxylic acids is 1.